The molecule has 0 radical (unpaired) electrons. The molecule has 5 aromatic carbocycles. The molecular formula is C38H35NO. The van der Waals surface area contributed by atoms with Crippen molar-refractivity contribution in [1.29, 1.82) is 0 Å². The Kier molecular flexibility index (Phi) is 7.86. The van der Waals surface area contributed by atoms with E-state index in [0.29, 0.717) is 13.0 Å². The molecule has 4 aliphatic rings. The molecule has 1 unspecified atom stereocenters. The summed E-state index contributed by atoms with van der Waals surface area (Å²) < 4.78 is 0. The monoisotopic (exact) mass is 521 g/mol. The fourth-order valence-corrected chi connectivity index (χ4v) is 5.79. The van der Waals surface area contributed by atoms with Crippen LogP contribution < -0.4 is 4.90 Å². The van der Waals surface area contributed by atoms with E-state index in [0.717, 1.165) is 42.5 Å². The van der Waals surface area contributed by atoms with E-state index in [2.05, 4.69) is 108 Å². The lowest BCUT2D eigenvalue weighted by atomic mass is 9.89. The predicted molar refractivity (Wildman–Crippen MR) is 165 cm³/mol. The first kappa shape index (κ1) is 25.8. The second-order valence-electron chi connectivity index (χ2n) is 10.8. The molecule has 5 aromatic rings. The zero-order valence-corrected chi connectivity index (χ0v) is 22.9. The highest BCUT2D eigenvalue weighted by Crippen LogP contribution is 2.32. The van der Waals surface area contributed by atoms with Crippen LogP contribution in [0.3, 0.4) is 0 Å². The molecule has 1 amide bonds. The summed E-state index contributed by atoms with van der Waals surface area (Å²) in [6.45, 7) is 0.544. The van der Waals surface area contributed by atoms with E-state index in [-0.39, 0.29) is 11.8 Å². The van der Waals surface area contributed by atoms with Crippen LogP contribution in [0.4, 0.5) is 5.69 Å². The number of aryl methyl sites for hydroxylation is 4. The first-order chi connectivity index (χ1) is 19.7. The van der Waals surface area contributed by atoms with Crippen molar-refractivity contribution in [2.24, 2.45) is 0 Å². The van der Waals surface area contributed by atoms with Crippen molar-refractivity contribution in [1.82, 2.24) is 0 Å². The zero-order chi connectivity index (χ0) is 27.1. The molecule has 2 nitrogen and oxygen atoms in total. The van der Waals surface area contributed by atoms with Crippen molar-refractivity contribution in [2.45, 2.75) is 44.6 Å². The standard InChI is InChI=1S/C38H35NO/c40-38(36(34-14-8-3-9-15-34)26-31-10-4-1-5-11-31)39(28-33-12-6-2-7-13-33)37-27-32-21-20-29-16-18-30(19-17-29)22-24-35(37)25-23-32/h1-19,23,25,27,36H,20-22,24,26,28H2. The third-order valence-corrected chi connectivity index (χ3v) is 8.08. The predicted octanol–water partition coefficient (Wildman–Crippen LogP) is 8.13. The maximum absolute atomic E-state index is 14.8. The first-order valence-corrected chi connectivity index (χ1v) is 14.4. The Morgan fingerprint density at radius 1 is 0.575 bits per heavy atom. The summed E-state index contributed by atoms with van der Waals surface area (Å²) in [6.07, 6.45) is 4.45. The van der Waals surface area contributed by atoms with Crippen molar-refractivity contribution >= 4 is 11.6 Å². The number of nitrogens with zero attached hydrogens (tertiary/aromatic N) is 1. The average Bonchev–Trinajstić information content (AvgIpc) is 3.01. The molecule has 0 saturated carbocycles. The number of carbonyl (C=O) groups is 1. The van der Waals surface area contributed by atoms with Crippen molar-refractivity contribution < 1.29 is 4.79 Å². The van der Waals surface area contributed by atoms with Crippen LogP contribution in [0.25, 0.3) is 0 Å². The summed E-state index contributed by atoms with van der Waals surface area (Å²) in [4.78, 5) is 16.9. The first-order valence-electron chi connectivity index (χ1n) is 14.4. The van der Waals surface area contributed by atoms with Gasteiger partial charge in [-0.25, -0.2) is 0 Å². The van der Waals surface area contributed by atoms with Gasteiger partial charge in [0.15, 0.2) is 0 Å². The van der Waals surface area contributed by atoms with Crippen LogP contribution in [0.2, 0.25) is 0 Å². The van der Waals surface area contributed by atoms with E-state index in [1.807, 2.05) is 30.3 Å². The highest BCUT2D eigenvalue weighted by Gasteiger charge is 2.29. The second-order valence-corrected chi connectivity index (χ2v) is 10.8. The van der Waals surface area contributed by atoms with Crippen LogP contribution in [-0.2, 0) is 43.4 Å². The lowest BCUT2D eigenvalue weighted by molar-refractivity contribution is -0.120. The number of rotatable bonds is 7. The molecule has 40 heavy (non-hydrogen) atoms. The molecule has 2 heteroatoms. The van der Waals surface area contributed by atoms with Gasteiger partial charge < -0.3 is 4.90 Å². The highest BCUT2D eigenvalue weighted by molar-refractivity contribution is 5.99. The minimum Gasteiger partial charge on any atom is -0.307 e. The Morgan fingerprint density at radius 2 is 1.10 bits per heavy atom. The molecule has 198 valence electrons. The minimum absolute atomic E-state index is 0.146. The van der Waals surface area contributed by atoms with Gasteiger partial charge in [0, 0.05) is 5.69 Å². The van der Waals surface area contributed by atoms with Crippen LogP contribution in [0, 0.1) is 0 Å². The number of carbonyl (C=O) groups excluding carboxylic acids is 1. The molecule has 0 aromatic heterocycles. The van der Waals surface area contributed by atoms with E-state index in [1.165, 1.54) is 27.8 Å². The number of hydrogen-bond acceptors (Lipinski definition) is 1. The number of hydrogen-bond donors (Lipinski definition) is 0. The van der Waals surface area contributed by atoms with Gasteiger partial charge >= 0.3 is 0 Å². The Bertz CT molecular complexity index is 1540. The topological polar surface area (TPSA) is 20.3 Å². The minimum atomic E-state index is -0.283. The van der Waals surface area contributed by atoms with Gasteiger partial charge in [-0.2, -0.15) is 0 Å². The third kappa shape index (κ3) is 6.07. The second kappa shape index (κ2) is 12.2. The van der Waals surface area contributed by atoms with Crippen molar-refractivity contribution in [3.05, 3.63) is 172 Å². The summed E-state index contributed by atoms with van der Waals surface area (Å²) in [5, 5.41) is 0. The molecule has 4 bridgehead atoms. The fourth-order valence-electron chi connectivity index (χ4n) is 5.79. The third-order valence-electron chi connectivity index (χ3n) is 8.08. The Balaban J connectivity index is 1.43. The molecule has 0 saturated heterocycles. The number of benzene rings is 5. The summed E-state index contributed by atoms with van der Waals surface area (Å²) in [5.74, 6) is -0.137. The molecule has 0 heterocycles. The lowest BCUT2D eigenvalue weighted by Crippen LogP contribution is -2.36. The Hall–Kier alpha value is -4.43. The van der Waals surface area contributed by atoms with E-state index >= 15 is 0 Å². The van der Waals surface area contributed by atoms with E-state index < -0.39 is 0 Å². The Labute approximate surface area is 237 Å². The largest absolute Gasteiger partial charge is 0.307 e. The molecule has 1 atom stereocenters. The van der Waals surface area contributed by atoms with Gasteiger partial charge in [0.1, 0.15) is 0 Å². The SMILES string of the molecule is O=C(C(Cc1ccccc1)c1ccccc1)N(Cc1ccccc1)c1cc2ccc1CCc1ccc(cc1)CC2. The molecule has 4 aliphatic carbocycles. The van der Waals surface area contributed by atoms with E-state index in [4.69, 9.17) is 0 Å². The number of anilines is 1. The smallest absolute Gasteiger partial charge is 0.235 e. The van der Waals surface area contributed by atoms with Gasteiger partial charge in [0.25, 0.3) is 0 Å². The maximum atomic E-state index is 14.8. The Morgan fingerprint density at radius 3 is 1.75 bits per heavy atom. The van der Waals surface area contributed by atoms with E-state index in [1.54, 1.807) is 0 Å². The fraction of sp³-hybridized carbons (Fsp3) is 0.184. The van der Waals surface area contributed by atoms with Gasteiger partial charge in [0.2, 0.25) is 5.91 Å². The molecule has 0 spiro atoms. The van der Waals surface area contributed by atoms with E-state index in [9.17, 15) is 4.79 Å². The lowest BCUT2D eigenvalue weighted by Gasteiger charge is -2.31. The molecular weight excluding hydrogens is 486 g/mol. The maximum Gasteiger partial charge on any atom is 0.235 e. The molecule has 0 N–H and O–H groups in total. The van der Waals surface area contributed by atoms with Crippen LogP contribution >= 0.6 is 0 Å². The van der Waals surface area contributed by atoms with Crippen LogP contribution in [0.1, 0.15) is 44.9 Å². The van der Waals surface area contributed by atoms with Gasteiger partial charge in [0.05, 0.1) is 12.5 Å². The van der Waals surface area contributed by atoms with Crippen molar-refractivity contribution in [3.63, 3.8) is 0 Å². The van der Waals surface area contributed by atoms with Gasteiger partial charge in [-0.15, -0.1) is 0 Å². The summed E-state index contributed by atoms with van der Waals surface area (Å²) >= 11 is 0. The molecule has 0 aliphatic heterocycles. The zero-order valence-electron chi connectivity index (χ0n) is 22.9. The average molecular weight is 522 g/mol. The highest BCUT2D eigenvalue weighted by atomic mass is 16.2. The molecule has 0 fully saturated rings. The number of amides is 1. The van der Waals surface area contributed by atoms with Crippen LogP contribution in [0.15, 0.2) is 133 Å². The summed E-state index contributed by atoms with van der Waals surface area (Å²) in [6, 6.07) is 47.0. The van der Waals surface area contributed by atoms with Gasteiger partial charge in [-0.1, -0.05) is 127 Å². The quantitative estimate of drug-likeness (QED) is 0.212. The van der Waals surface area contributed by atoms with Gasteiger partial charge in [-0.3, -0.25) is 4.79 Å². The van der Waals surface area contributed by atoms with Crippen LogP contribution in [0.5, 0.6) is 0 Å². The van der Waals surface area contributed by atoms with Gasteiger partial charge in [-0.05, 0) is 77.1 Å². The van der Waals surface area contributed by atoms with Crippen molar-refractivity contribution in [3.8, 4) is 0 Å². The normalized spacial score (nSPS) is 13.3. The molecule has 9 rings (SSSR count). The van der Waals surface area contributed by atoms with Crippen LogP contribution in [-0.4, -0.2) is 5.91 Å². The summed E-state index contributed by atoms with van der Waals surface area (Å²) in [7, 11) is 0. The van der Waals surface area contributed by atoms with Crippen molar-refractivity contribution in [2.75, 3.05) is 4.90 Å². The summed E-state index contributed by atoms with van der Waals surface area (Å²) in [5.41, 5.74) is 9.61.